The summed E-state index contributed by atoms with van der Waals surface area (Å²) in [4.78, 5) is 38.2. The number of hydrogen-bond donors (Lipinski definition) is 2. The number of likely N-dealkylation sites (tertiary alicyclic amines) is 1. The van der Waals surface area contributed by atoms with Crippen LogP contribution in [0.3, 0.4) is 0 Å². The van der Waals surface area contributed by atoms with Crippen LogP contribution < -0.4 is 15.4 Å². The van der Waals surface area contributed by atoms with Crippen molar-refractivity contribution < 1.29 is 19.1 Å². The molecule has 2 N–H and O–H groups in total. The van der Waals surface area contributed by atoms with E-state index in [-0.39, 0.29) is 23.8 Å². The number of benzene rings is 2. The third-order valence-electron chi connectivity index (χ3n) is 4.90. The molecular formula is C22H25N3O4. The first-order valence-corrected chi connectivity index (χ1v) is 9.58. The SMILES string of the molecule is COc1ccc(C(=O)NC2CCN(C(=O)c3cccc(NC(C)=O)c3)CC2)cc1. The lowest BCUT2D eigenvalue weighted by Crippen LogP contribution is -2.46. The molecule has 0 spiro atoms. The molecule has 1 aliphatic rings. The van der Waals surface area contributed by atoms with Crippen molar-refractivity contribution in [3.05, 3.63) is 59.7 Å². The van der Waals surface area contributed by atoms with Crippen LogP contribution in [0.15, 0.2) is 48.5 Å². The van der Waals surface area contributed by atoms with Crippen molar-refractivity contribution in [2.75, 3.05) is 25.5 Å². The Morgan fingerprint density at radius 2 is 1.69 bits per heavy atom. The van der Waals surface area contributed by atoms with E-state index in [1.807, 2.05) is 0 Å². The number of rotatable bonds is 5. The number of carbonyl (C=O) groups is 3. The summed E-state index contributed by atoms with van der Waals surface area (Å²) < 4.78 is 5.11. The van der Waals surface area contributed by atoms with Gasteiger partial charge in [0.05, 0.1) is 7.11 Å². The maximum Gasteiger partial charge on any atom is 0.253 e. The third-order valence-corrected chi connectivity index (χ3v) is 4.90. The molecule has 2 aromatic carbocycles. The Morgan fingerprint density at radius 3 is 2.31 bits per heavy atom. The van der Waals surface area contributed by atoms with Gasteiger partial charge in [0.25, 0.3) is 11.8 Å². The van der Waals surface area contributed by atoms with E-state index in [0.717, 1.165) is 0 Å². The molecule has 3 amide bonds. The van der Waals surface area contributed by atoms with Gasteiger partial charge in [-0.15, -0.1) is 0 Å². The van der Waals surface area contributed by atoms with E-state index in [0.29, 0.717) is 48.5 Å². The van der Waals surface area contributed by atoms with Crippen molar-refractivity contribution in [2.24, 2.45) is 0 Å². The summed E-state index contributed by atoms with van der Waals surface area (Å²) in [6.07, 6.45) is 1.39. The number of carbonyl (C=O) groups excluding carboxylic acids is 3. The molecule has 1 heterocycles. The van der Waals surface area contributed by atoms with Crippen LogP contribution in [-0.4, -0.2) is 48.9 Å². The van der Waals surface area contributed by atoms with E-state index in [1.54, 1.807) is 60.5 Å². The van der Waals surface area contributed by atoms with Gasteiger partial charge in [-0.1, -0.05) is 6.07 Å². The highest BCUT2D eigenvalue weighted by molar-refractivity contribution is 5.97. The van der Waals surface area contributed by atoms with E-state index >= 15 is 0 Å². The van der Waals surface area contributed by atoms with Crippen LogP contribution in [0, 0.1) is 0 Å². The lowest BCUT2D eigenvalue weighted by Gasteiger charge is -2.32. The number of amides is 3. The van der Waals surface area contributed by atoms with E-state index in [2.05, 4.69) is 10.6 Å². The summed E-state index contributed by atoms with van der Waals surface area (Å²) in [5.41, 5.74) is 1.72. The summed E-state index contributed by atoms with van der Waals surface area (Å²) in [6, 6.07) is 13.9. The Bertz CT molecular complexity index is 887. The number of hydrogen-bond acceptors (Lipinski definition) is 4. The molecule has 1 saturated heterocycles. The molecule has 0 radical (unpaired) electrons. The lowest BCUT2D eigenvalue weighted by molar-refractivity contribution is -0.114. The van der Waals surface area contributed by atoms with Gasteiger partial charge in [0.1, 0.15) is 5.75 Å². The first-order valence-electron chi connectivity index (χ1n) is 9.58. The van der Waals surface area contributed by atoms with Crippen LogP contribution in [0.25, 0.3) is 0 Å². The second-order valence-corrected chi connectivity index (χ2v) is 7.03. The molecule has 0 bridgehead atoms. The van der Waals surface area contributed by atoms with E-state index in [4.69, 9.17) is 4.74 Å². The Labute approximate surface area is 170 Å². The molecule has 0 saturated carbocycles. The highest BCUT2D eigenvalue weighted by Gasteiger charge is 2.25. The fraction of sp³-hybridized carbons (Fsp3) is 0.318. The first kappa shape index (κ1) is 20.4. The molecular weight excluding hydrogens is 370 g/mol. The lowest BCUT2D eigenvalue weighted by atomic mass is 10.0. The number of ether oxygens (including phenoxy) is 1. The summed E-state index contributed by atoms with van der Waals surface area (Å²) in [6.45, 7) is 2.56. The van der Waals surface area contributed by atoms with Gasteiger partial charge in [-0.05, 0) is 55.3 Å². The average Bonchev–Trinajstić information content (AvgIpc) is 2.73. The van der Waals surface area contributed by atoms with Crippen LogP contribution >= 0.6 is 0 Å². The minimum Gasteiger partial charge on any atom is -0.497 e. The van der Waals surface area contributed by atoms with Crippen LogP contribution in [-0.2, 0) is 4.79 Å². The van der Waals surface area contributed by atoms with Gasteiger partial charge in [0.15, 0.2) is 0 Å². The fourth-order valence-corrected chi connectivity index (χ4v) is 3.35. The first-order chi connectivity index (χ1) is 14.0. The Morgan fingerprint density at radius 1 is 1.00 bits per heavy atom. The zero-order chi connectivity index (χ0) is 20.8. The van der Waals surface area contributed by atoms with Gasteiger partial charge in [0, 0.05) is 42.9 Å². The minimum absolute atomic E-state index is 0.0272. The number of nitrogens with zero attached hydrogens (tertiary/aromatic N) is 1. The molecule has 0 atom stereocenters. The zero-order valence-electron chi connectivity index (χ0n) is 16.6. The molecule has 0 aromatic heterocycles. The summed E-state index contributed by atoms with van der Waals surface area (Å²) in [5.74, 6) is 0.330. The van der Waals surface area contributed by atoms with Crippen molar-refractivity contribution in [3.8, 4) is 5.75 Å². The average molecular weight is 395 g/mol. The highest BCUT2D eigenvalue weighted by atomic mass is 16.5. The topological polar surface area (TPSA) is 87.7 Å². The smallest absolute Gasteiger partial charge is 0.253 e. The van der Waals surface area contributed by atoms with E-state index in [9.17, 15) is 14.4 Å². The molecule has 1 fully saturated rings. The largest absolute Gasteiger partial charge is 0.497 e. The fourth-order valence-electron chi connectivity index (χ4n) is 3.35. The van der Waals surface area contributed by atoms with Crippen molar-refractivity contribution in [3.63, 3.8) is 0 Å². The van der Waals surface area contributed by atoms with E-state index in [1.165, 1.54) is 6.92 Å². The molecule has 7 nitrogen and oxygen atoms in total. The van der Waals surface area contributed by atoms with E-state index < -0.39 is 0 Å². The molecule has 1 aliphatic heterocycles. The zero-order valence-corrected chi connectivity index (χ0v) is 16.6. The highest BCUT2D eigenvalue weighted by Crippen LogP contribution is 2.18. The maximum atomic E-state index is 12.8. The van der Waals surface area contributed by atoms with Crippen LogP contribution in [0.2, 0.25) is 0 Å². The third kappa shape index (κ3) is 5.34. The Hall–Kier alpha value is -3.35. The van der Waals surface area contributed by atoms with Gasteiger partial charge in [-0.3, -0.25) is 14.4 Å². The Kier molecular flexibility index (Phi) is 6.49. The number of nitrogens with one attached hydrogen (secondary N) is 2. The monoisotopic (exact) mass is 395 g/mol. The number of methoxy groups -OCH3 is 1. The van der Waals surface area contributed by atoms with Crippen LogP contribution in [0.1, 0.15) is 40.5 Å². The van der Waals surface area contributed by atoms with Crippen LogP contribution in [0.5, 0.6) is 5.75 Å². The Balaban J connectivity index is 1.53. The maximum absolute atomic E-state index is 12.8. The summed E-state index contributed by atoms with van der Waals surface area (Å²) >= 11 is 0. The second kappa shape index (κ2) is 9.23. The number of piperidine rings is 1. The van der Waals surface area contributed by atoms with Gasteiger partial charge < -0.3 is 20.3 Å². The normalized spacial score (nSPS) is 14.2. The molecule has 0 unspecified atom stereocenters. The molecule has 3 rings (SSSR count). The van der Waals surface area contributed by atoms with Gasteiger partial charge in [0.2, 0.25) is 5.91 Å². The van der Waals surface area contributed by atoms with Crippen molar-refractivity contribution in [1.29, 1.82) is 0 Å². The second-order valence-electron chi connectivity index (χ2n) is 7.03. The molecule has 152 valence electrons. The van der Waals surface area contributed by atoms with Crippen LogP contribution in [0.4, 0.5) is 5.69 Å². The van der Waals surface area contributed by atoms with Gasteiger partial charge >= 0.3 is 0 Å². The molecule has 0 aliphatic carbocycles. The minimum atomic E-state index is -0.178. The van der Waals surface area contributed by atoms with Crippen molar-refractivity contribution in [1.82, 2.24) is 10.2 Å². The molecule has 2 aromatic rings. The van der Waals surface area contributed by atoms with Crippen molar-refractivity contribution in [2.45, 2.75) is 25.8 Å². The number of anilines is 1. The predicted molar refractivity (Wildman–Crippen MR) is 110 cm³/mol. The standard InChI is InChI=1S/C22H25N3O4/c1-15(26)23-19-5-3-4-17(14-19)22(28)25-12-10-18(11-13-25)24-21(27)16-6-8-20(29-2)9-7-16/h3-9,14,18H,10-13H2,1-2H3,(H,23,26)(H,24,27). The molecule has 7 heteroatoms. The van der Waals surface area contributed by atoms with Gasteiger partial charge in [-0.2, -0.15) is 0 Å². The summed E-state index contributed by atoms with van der Waals surface area (Å²) in [5, 5.41) is 5.73. The molecule has 29 heavy (non-hydrogen) atoms. The van der Waals surface area contributed by atoms with Crippen molar-refractivity contribution >= 4 is 23.4 Å². The predicted octanol–water partition coefficient (Wildman–Crippen LogP) is 2.69. The quantitative estimate of drug-likeness (QED) is 0.815. The van der Waals surface area contributed by atoms with Gasteiger partial charge in [-0.25, -0.2) is 0 Å². The summed E-state index contributed by atoms with van der Waals surface area (Å²) in [7, 11) is 1.58.